The van der Waals surface area contributed by atoms with Crippen molar-refractivity contribution in [2.75, 3.05) is 32.6 Å². The molecule has 1 aliphatic rings. The Morgan fingerprint density at radius 3 is 2.41 bits per heavy atom. The number of benzene rings is 4. The maximum absolute atomic E-state index is 14.5. The molecule has 1 heterocycles. The van der Waals surface area contributed by atoms with Crippen LogP contribution in [0.1, 0.15) is 41.2 Å². The second-order valence-electron chi connectivity index (χ2n) is 11.7. The second-order valence-corrected chi connectivity index (χ2v) is 13.8. The SMILES string of the molecule is COc1ccc(CCNNC(=O)[C@@]2(CCS(=O)(=O)c3ccccc3)N=C(c3ccc(OCCCO)cc3)O[C@H]2c2ccccc2CN=[N+]=[N-])cc1. The van der Waals surface area contributed by atoms with Crippen molar-refractivity contribution in [2.24, 2.45) is 10.1 Å². The van der Waals surface area contributed by atoms with Crippen LogP contribution < -0.4 is 20.3 Å². The van der Waals surface area contributed by atoms with Crippen LogP contribution in [0.4, 0.5) is 0 Å². The minimum Gasteiger partial charge on any atom is -0.497 e. The summed E-state index contributed by atoms with van der Waals surface area (Å²) < 4.78 is 44.7. The number of hydrogen-bond acceptors (Lipinski definition) is 10. The lowest BCUT2D eigenvalue weighted by Gasteiger charge is -2.31. The minimum absolute atomic E-state index is 0.00570. The molecule has 0 saturated carbocycles. The van der Waals surface area contributed by atoms with Gasteiger partial charge >= 0.3 is 0 Å². The van der Waals surface area contributed by atoms with Gasteiger partial charge in [-0.2, -0.15) is 0 Å². The first-order valence-electron chi connectivity index (χ1n) is 16.4. The number of hydrazine groups is 1. The molecule has 2 atom stereocenters. The van der Waals surface area contributed by atoms with Crippen LogP contribution in [0.2, 0.25) is 0 Å². The van der Waals surface area contributed by atoms with E-state index in [1.807, 2.05) is 24.3 Å². The molecular weight excluding hydrogens is 673 g/mol. The second kappa shape index (κ2) is 17.5. The number of carbonyl (C=O) groups excluding carboxylic acids is 1. The summed E-state index contributed by atoms with van der Waals surface area (Å²) in [6.45, 7) is 0.680. The van der Waals surface area contributed by atoms with Crippen molar-refractivity contribution < 1.29 is 32.5 Å². The zero-order chi connectivity index (χ0) is 36.1. The van der Waals surface area contributed by atoms with Crippen LogP contribution >= 0.6 is 0 Å². The summed E-state index contributed by atoms with van der Waals surface area (Å²) in [7, 11) is -2.25. The van der Waals surface area contributed by atoms with E-state index < -0.39 is 33.1 Å². The van der Waals surface area contributed by atoms with E-state index in [1.54, 1.807) is 73.8 Å². The molecule has 1 aliphatic heterocycles. The summed E-state index contributed by atoms with van der Waals surface area (Å²) in [6, 6.07) is 29.6. The molecule has 0 spiro atoms. The number of aliphatic hydroxyl groups is 1. The Kier molecular flexibility index (Phi) is 12.7. The molecule has 0 radical (unpaired) electrons. The monoisotopic (exact) mass is 712 g/mol. The first-order chi connectivity index (χ1) is 24.8. The van der Waals surface area contributed by atoms with Crippen molar-refractivity contribution >= 4 is 21.6 Å². The highest BCUT2D eigenvalue weighted by Gasteiger charge is 2.54. The zero-order valence-electron chi connectivity index (χ0n) is 28.1. The topological polar surface area (TPSA) is 184 Å². The third kappa shape index (κ3) is 9.24. The number of methoxy groups -OCH3 is 1. The summed E-state index contributed by atoms with van der Waals surface area (Å²) in [6.07, 6.45) is -0.266. The quantitative estimate of drug-likeness (QED) is 0.0411. The first-order valence-corrected chi connectivity index (χ1v) is 18.1. The van der Waals surface area contributed by atoms with Crippen molar-refractivity contribution in [3.63, 3.8) is 0 Å². The predicted octanol–water partition coefficient (Wildman–Crippen LogP) is 5.25. The molecule has 13 nitrogen and oxygen atoms in total. The standard InChI is InChI=1S/C37H40N6O7S/c1-48-30-16-12-27(13-17-30)20-22-39-42-36(45)37(21-25-51(46,47)32-9-3-2-4-10-32)34(33-11-6-5-8-29(33)26-40-43-38)50-35(41-37)28-14-18-31(19-15-28)49-24-7-23-44/h2-6,8-19,34,39,44H,7,20-26H2,1H3,(H,42,45)/t34-,37-/m0/s1. The van der Waals surface area contributed by atoms with Crippen LogP contribution in [-0.4, -0.2) is 63.5 Å². The van der Waals surface area contributed by atoms with Crippen LogP contribution in [-0.2, 0) is 32.3 Å². The number of aliphatic imine (C=N–C) groups is 1. The number of sulfone groups is 1. The van der Waals surface area contributed by atoms with Crippen LogP contribution in [0.5, 0.6) is 11.5 Å². The van der Waals surface area contributed by atoms with E-state index in [0.29, 0.717) is 48.4 Å². The van der Waals surface area contributed by atoms with Gasteiger partial charge in [0.1, 0.15) is 11.5 Å². The summed E-state index contributed by atoms with van der Waals surface area (Å²) in [4.78, 5) is 22.5. The van der Waals surface area contributed by atoms with Gasteiger partial charge in [0.2, 0.25) is 5.90 Å². The average molecular weight is 713 g/mol. The fraction of sp³-hybridized carbons (Fsp3) is 0.297. The molecule has 0 aromatic heterocycles. The number of nitrogens with one attached hydrogen (secondary N) is 2. The molecule has 266 valence electrons. The molecule has 3 N–H and O–H groups in total. The molecule has 0 aliphatic carbocycles. The number of aliphatic hydroxyl groups excluding tert-OH is 1. The van der Waals surface area contributed by atoms with Crippen molar-refractivity contribution in [3.8, 4) is 11.5 Å². The van der Waals surface area contributed by atoms with Gasteiger partial charge in [0.15, 0.2) is 21.5 Å². The molecule has 14 heteroatoms. The largest absolute Gasteiger partial charge is 0.497 e. The lowest BCUT2D eigenvalue weighted by atomic mass is 9.83. The Hall–Kier alpha value is -5.40. The lowest BCUT2D eigenvalue weighted by Crippen LogP contribution is -2.53. The normalized spacial score (nSPS) is 16.7. The molecular formula is C37H40N6O7S. The minimum atomic E-state index is -3.85. The number of azide groups is 1. The predicted molar refractivity (Wildman–Crippen MR) is 192 cm³/mol. The Labute approximate surface area is 296 Å². The smallest absolute Gasteiger partial charge is 0.266 e. The molecule has 5 rings (SSSR count). The van der Waals surface area contributed by atoms with Gasteiger partial charge in [-0.05, 0) is 77.2 Å². The van der Waals surface area contributed by atoms with E-state index in [9.17, 15) is 13.2 Å². The third-order valence-electron chi connectivity index (χ3n) is 8.43. The van der Waals surface area contributed by atoms with Gasteiger partial charge in [0.05, 0.1) is 30.9 Å². The molecule has 0 bridgehead atoms. The van der Waals surface area contributed by atoms with E-state index >= 15 is 0 Å². The number of carbonyl (C=O) groups is 1. The number of amides is 1. The van der Waals surface area contributed by atoms with Crippen molar-refractivity contribution in [1.29, 1.82) is 0 Å². The molecule has 4 aromatic rings. The highest BCUT2D eigenvalue weighted by Crippen LogP contribution is 2.44. The fourth-order valence-corrected chi connectivity index (χ4v) is 7.06. The number of rotatable bonds is 18. The van der Waals surface area contributed by atoms with E-state index in [0.717, 1.165) is 11.3 Å². The van der Waals surface area contributed by atoms with Gasteiger partial charge in [-0.3, -0.25) is 10.2 Å². The van der Waals surface area contributed by atoms with Gasteiger partial charge in [-0.15, -0.1) is 0 Å². The van der Waals surface area contributed by atoms with Gasteiger partial charge < -0.3 is 19.3 Å². The van der Waals surface area contributed by atoms with Gasteiger partial charge in [-0.25, -0.2) is 18.8 Å². The van der Waals surface area contributed by atoms with E-state index in [4.69, 9.17) is 29.8 Å². The Balaban J connectivity index is 1.52. The van der Waals surface area contributed by atoms with Crippen LogP contribution in [0.25, 0.3) is 10.4 Å². The Morgan fingerprint density at radius 2 is 1.71 bits per heavy atom. The van der Waals surface area contributed by atoms with Gasteiger partial charge in [0, 0.05) is 36.5 Å². The maximum Gasteiger partial charge on any atom is 0.266 e. The third-order valence-corrected chi connectivity index (χ3v) is 10.2. The van der Waals surface area contributed by atoms with Gasteiger partial charge in [-0.1, -0.05) is 59.7 Å². The summed E-state index contributed by atoms with van der Waals surface area (Å²) >= 11 is 0. The Morgan fingerprint density at radius 1 is 1.00 bits per heavy atom. The van der Waals surface area contributed by atoms with Crippen molar-refractivity contribution in [3.05, 3.63) is 136 Å². The highest BCUT2D eigenvalue weighted by atomic mass is 32.2. The van der Waals surface area contributed by atoms with E-state index in [1.165, 1.54) is 12.1 Å². The number of nitrogens with zero attached hydrogens (tertiary/aromatic N) is 4. The fourth-order valence-electron chi connectivity index (χ4n) is 5.67. The maximum atomic E-state index is 14.5. The van der Waals surface area contributed by atoms with Gasteiger partial charge in [0.25, 0.3) is 5.91 Å². The molecule has 1 amide bonds. The summed E-state index contributed by atoms with van der Waals surface area (Å²) in [5, 5.41) is 12.8. The number of hydrogen-bond donors (Lipinski definition) is 3. The first kappa shape index (κ1) is 36.9. The van der Waals surface area contributed by atoms with Crippen LogP contribution in [0.3, 0.4) is 0 Å². The lowest BCUT2D eigenvalue weighted by molar-refractivity contribution is -0.130. The van der Waals surface area contributed by atoms with E-state index in [-0.39, 0.29) is 30.4 Å². The highest BCUT2D eigenvalue weighted by molar-refractivity contribution is 7.91. The van der Waals surface area contributed by atoms with Crippen molar-refractivity contribution in [2.45, 2.75) is 42.3 Å². The zero-order valence-corrected chi connectivity index (χ0v) is 29.0. The molecule has 4 aromatic carbocycles. The summed E-state index contributed by atoms with van der Waals surface area (Å²) in [5.41, 5.74) is 15.8. The molecule has 0 fully saturated rings. The molecule has 0 saturated heterocycles. The Bertz CT molecular complexity index is 1950. The molecule has 51 heavy (non-hydrogen) atoms. The molecule has 0 unspecified atom stereocenters. The van der Waals surface area contributed by atoms with Crippen LogP contribution in [0.15, 0.2) is 118 Å². The average Bonchev–Trinajstić information content (AvgIpc) is 3.56. The van der Waals surface area contributed by atoms with Crippen LogP contribution in [0, 0.1) is 0 Å². The summed E-state index contributed by atoms with van der Waals surface area (Å²) in [5.74, 6) is 0.427. The number of ether oxygens (including phenoxy) is 3. The van der Waals surface area contributed by atoms with Crippen molar-refractivity contribution in [1.82, 2.24) is 10.9 Å². The van der Waals surface area contributed by atoms with E-state index in [2.05, 4.69) is 20.9 Å².